The highest BCUT2D eigenvalue weighted by atomic mass is 35.5. The van der Waals surface area contributed by atoms with Crippen molar-refractivity contribution in [2.75, 3.05) is 18.0 Å². The first kappa shape index (κ1) is 14.1. The molecule has 1 aliphatic heterocycles. The minimum absolute atomic E-state index is 0.542. The number of hydrogen-bond donors (Lipinski definition) is 1. The van der Waals surface area contributed by atoms with Crippen LogP contribution in [0.2, 0.25) is 5.02 Å². The standard InChI is InChI=1S/C16H17ClN2O2/c1-2-16(15(20)21)6-8-19(10-16)14-5-7-18-13-9-11(17)3-4-12(13)14/h3-5,7,9H,2,6,8,10H2,1H3,(H,20,21). The van der Waals surface area contributed by atoms with Crippen molar-refractivity contribution in [1.82, 2.24) is 4.98 Å². The second-order valence-corrected chi connectivity index (χ2v) is 6.04. The molecule has 0 saturated carbocycles. The molecule has 0 radical (unpaired) electrons. The van der Waals surface area contributed by atoms with E-state index in [9.17, 15) is 9.90 Å². The van der Waals surface area contributed by atoms with E-state index in [1.165, 1.54) is 0 Å². The second kappa shape index (κ2) is 5.19. The van der Waals surface area contributed by atoms with E-state index >= 15 is 0 Å². The second-order valence-electron chi connectivity index (χ2n) is 5.60. The van der Waals surface area contributed by atoms with Crippen molar-refractivity contribution in [2.45, 2.75) is 19.8 Å². The maximum Gasteiger partial charge on any atom is 0.311 e. The largest absolute Gasteiger partial charge is 0.481 e. The number of aliphatic carboxylic acids is 1. The van der Waals surface area contributed by atoms with Gasteiger partial charge in [-0.15, -0.1) is 0 Å². The van der Waals surface area contributed by atoms with Gasteiger partial charge in [0.1, 0.15) is 0 Å². The molecular weight excluding hydrogens is 288 g/mol. The molecule has 1 atom stereocenters. The number of fused-ring (bicyclic) bond motifs is 1. The lowest BCUT2D eigenvalue weighted by Gasteiger charge is -2.25. The molecule has 5 heteroatoms. The van der Waals surface area contributed by atoms with Crippen LogP contribution in [0.1, 0.15) is 19.8 Å². The lowest BCUT2D eigenvalue weighted by Crippen LogP contribution is -2.34. The van der Waals surface area contributed by atoms with E-state index in [2.05, 4.69) is 9.88 Å². The number of halogens is 1. The maximum absolute atomic E-state index is 11.6. The quantitative estimate of drug-likeness (QED) is 0.941. The highest BCUT2D eigenvalue weighted by Gasteiger charge is 2.43. The van der Waals surface area contributed by atoms with Crippen molar-refractivity contribution in [3.63, 3.8) is 0 Å². The van der Waals surface area contributed by atoms with Gasteiger partial charge in [0, 0.05) is 35.4 Å². The van der Waals surface area contributed by atoms with Crippen LogP contribution >= 0.6 is 11.6 Å². The summed E-state index contributed by atoms with van der Waals surface area (Å²) in [6, 6.07) is 7.58. The van der Waals surface area contributed by atoms with Crippen LogP contribution in [0, 0.1) is 5.41 Å². The molecule has 1 aliphatic rings. The lowest BCUT2D eigenvalue weighted by molar-refractivity contribution is -0.147. The van der Waals surface area contributed by atoms with Crippen LogP contribution < -0.4 is 4.90 Å². The van der Waals surface area contributed by atoms with Gasteiger partial charge in [-0.3, -0.25) is 9.78 Å². The Morgan fingerprint density at radius 2 is 2.29 bits per heavy atom. The molecule has 1 N–H and O–H groups in total. The zero-order valence-corrected chi connectivity index (χ0v) is 12.6. The summed E-state index contributed by atoms with van der Waals surface area (Å²) >= 11 is 6.01. The molecule has 3 rings (SSSR count). The molecule has 1 aromatic heterocycles. The van der Waals surface area contributed by atoms with Crippen LogP contribution in [0.25, 0.3) is 10.9 Å². The summed E-state index contributed by atoms with van der Waals surface area (Å²) in [6.07, 6.45) is 3.07. The summed E-state index contributed by atoms with van der Waals surface area (Å²) in [5.74, 6) is -0.700. The number of nitrogens with zero attached hydrogens (tertiary/aromatic N) is 2. The molecule has 1 unspecified atom stereocenters. The van der Waals surface area contributed by atoms with E-state index < -0.39 is 11.4 Å². The number of carbonyl (C=O) groups is 1. The van der Waals surface area contributed by atoms with Gasteiger partial charge < -0.3 is 10.0 Å². The molecule has 2 heterocycles. The van der Waals surface area contributed by atoms with Gasteiger partial charge in [-0.25, -0.2) is 0 Å². The minimum Gasteiger partial charge on any atom is -0.481 e. The van der Waals surface area contributed by atoms with Gasteiger partial charge in [0.05, 0.1) is 10.9 Å². The smallest absolute Gasteiger partial charge is 0.311 e. The summed E-state index contributed by atoms with van der Waals surface area (Å²) in [5, 5.41) is 11.2. The molecular formula is C16H17ClN2O2. The zero-order valence-electron chi connectivity index (χ0n) is 11.8. The van der Waals surface area contributed by atoms with Gasteiger partial charge >= 0.3 is 5.97 Å². The number of carboxylic acids is 1. The van der Waals surface area contributed by atoms with Crippen molar-refractivity contribution in [1.29, 1.82) is 0 Å². The lowest BCUT2D eigenvalue weighted by atomic mass is 9.84. The van der Waals surface area contributed by atoms with Gasteiger partial charge in [-0.1, -0.05) is 18.5 Å². The SMILES string of the molecule is CCC1(C(=O)O)CCN(c2ccnc3cc(Cl)ccc23)C1. The number of carboxylic acid groups (broad SMARTS) is 1. The van der Waals surface area contributed by atoms with Gasteiger partial charge in [0.2, 0.25) is 0 Å². The number of hydrogen-bond acceptors (Lipinski definition) is 3. The topological polar surface area (TPSA) is 53.4 Å². The molecule has 0 bridgehead atoms. The molecule has 0 aliphatic carbocycles. The third kappa shape index (κ3) is 2.33. The third-order valence-corrected chi connectivity index (χ3v) is 4.74. The van der Waals surface area contributed by atoms with Crippen molar-refractivity contribution >= 4 is 34.2 Å². The number of rotatable bonds is 3. The summed E-state index contributed by atoms with van der Waals surface area (Å²) < 4.78 is 0. The summed E-state index contributed by atoms with van der Waals surface area (Å²) in [6.45, 7) is 3.24. The Balaban J connectivity index is 2.01. The average Bonchev–Trinajstić information content (AvgIpc) is 2.92. The molecule has 1 saturated heterocycles. The fourth-order valence-corrected chi connectivity index (χ4v) is 3.24. The predicted molar refractivity (Wildman–Crippen MR) is 83.9 cm³/mol. The van der Waals surface area contributed by atoms with Crippen molar-refractivity contribution in [3.8, 4) is 0 Å². The highest BCUT2D eigenvalue weighted by Crippen LogP contribution is 2.38. The maximum atomic E-state index is 11.6. The van der Waals surface area contributed by atoms with Crippen LogP contribution in [0.4, 0.5) is 5.69 Å². The highest BCUT2D eigenvalue weighted by molar-refractivity contribution is 6.31. The Bertz CT molecular complexity index is 704. The molecule has 110 valence electrons. The summed E-state index contributed by atoms with van der Waals surface area (Å²) in [5.41, 5.74) is 1.24. The van der Waals surface area contributed by atoms with Gasteiger partial charge in [0.25, 0.3) is 0 Å². The number of pyridine rings is 1. The van der Waals surface area contributed by atoms with Crippen molar-refractivity contribution < 1.29 is 9.90 Å². The van der Waals surface area contributed by atoms with Crippen LogP contribution in [-0.4, -0.2) is 29.1 Å². The first-order chi connectivity index (χ1) is 10.1. The first-order valence-electron chi connectivity index (χ1n) is 7.08. The number of anilines is 1. The van der Waals surface area contributed by atoms with E-state index in [0.717, 1.165) is 23.1 Å². The fourth-order valence-electron chi connectivity index (χ4n) is 3.07. The molecule has 2 aromatic rings. The molecule has 0 amide bonds. The fraction of sp³-hybridized carbons (Fsp3) is 0.375. The van der Waals surface area contributed by atoms with Crippen molar-refractivity contribution in [3.05, 3.63) is 35.5 Å². The molecule has 4 nitrogen and oxygen atoms in total. The minimum atomic E-state index is -0.700. The van der Waals surface area contributed by atoms with Gasteiger partial charge in [0.15, 0.2) is 0 Å². The third-order valence-electron chi connectivity index (χ3n) is 4.51. The van der Waals surface area contributed by atoms with E-state index in [0.29, 0.717) is 24.4 Å². The Hall–Kier alpha value is -1.81. The summed E-state index contributed by atoms with van der Waals surface area (Å²) in [4.78, 5) is 18.1. The zero-order chi connectivity index (χ0) is 15.0. The van der Waals surface area contributed by atoms with Gasteiger partial charge in [-0.2, -0.15) is 0 Å². The monoisotopic (exact) mass is 304 g/mol. The van der Waals surface area contributed by atoms with E-state index in [1.807, 2.05) is 31.2 Å². The van der Waals surface area contributed by atoms with E-state index in [4.69, 9.17) is 11.6 Å². The molecule has 21 heavy (non-hydrogen) atoms. The Morgan fingerprint density at radius 3 is 2.95 bits per heavy atom. The molecule has 1 aromatic carbocycles. The Labute approximate surface area is 128 Å². The van der Waals surface area contributed by atoms with Gasteiger partial charge in [-0.05, 0) is 37.1 Å². The first-order valence-corrected chi connectivity index (χ1v) is 7.46. The number of benzene rings is 1. The van der Waals surface area contributed by atoms with E-state index in [-0.39, 0.29) is 0 Å². The Kier molecular flexibility index (Phi) is 3.49. The van der Waals surface area contributed by atoms with E-state index in [1.54, 1.807) is 6.20 Å². The van der Waals surface area contributed by atoms with Crippen LogP contribution in [-0.2, 0) is 4.79 Å². The van der Waals surface area contributed by atoms with Crippen molar-refractivity contribution in [2.24, 2.45) is 5.41 Å². The summed E-state index contributed by atoms with van der Waals surface area (Å²) in [7, 11) is 0. The molecule has 0 spiro atoms. The van der Waals surface area contributed by atoms with Crippen LogP contribution in [0.15, 0.2) is 30.5 Å². The Morgan fingerprint density at radius 1 is 1.48 bits per heavy atom. The molecule has 1 fully saturated rings. The average molecular weight is 305 g/mol. The van der Waals surface area contributed by atoms with Crippen LogP contribution in [0.3, 0.4) is 0 Å². The number of aromatic nitrogens is 1. The van der Waals surface area contributed by atoms with Crippen LogP contribution in [0.5, 0.6) is 0 Å². The normalized spacial score (nSPS) is 21.9. The predicted octanol–water partition coefficient (Wildman–Crippen LogP) is 3.58.